The van der Waals surface area contributed by atoms with Crippen LogP contribution in [0.25, 0.3) is 0 Å². The van der Waals surface area contributed by atoms with E-state index in [1.165, 1.54) is 5.56 Å². The Morgan fingerprint density at radius 3 is 2.67 bits per heavy atom. The van der Waals surface area contributed by atoms with Crippen molar-refractivity contribution in [1.82, 2.24) is 4.90 Å². The molecule has 1 saturated heterocycles. The Kier molecular flexibility index (Phi) is 3.39. The number of nitrogens with zero attached hydrogens (tertiary/aromatic N) is 1. The van der Waals surface area contributed by atoms with E-state index in [2.05, 4.69) is 36.1 Å². The Balaban J connectivity index is 1.94. The van der Waals surface area contributed by atoms with E-state index in [0.717, 1.165) is 26.1 Å². The van der Waals surface area contributed by atoms with Crippen molar-refractivity contribution < 1.29 is 5.11 Å². The van der Waals surface area contributed by atoms with Crippen molar-refractivity contribution in [2.75, 3.05) is 13.1 Å². The third-order valence-electron chi connectivity index (χ3n) is 2.96. The van der Waals surface area contributed by atoms with Crippen molar-refractivity contribution in [2.45, 2.75) is 26.0 Å². The van der Waals surface area contributed by atoms with Crippen molar-refractivity contribution in [3.63, 3.8) is 0 Å². The lowest BCUT2D eigenvalue weighted by atomic mass is 9.97. The molecule has 0 aromatic heterocycles. The zero-order chi connectivity index (χ0) is 10.7. The second-order valence-electron chi connectivity index (χ2n) is 4.67. The first kappa shape index (κ1) is 10.7. The fourth-order valence-corrected chi connectivity index (χ4v) is 2.40. The van der Waals surface area contributed by atoms with Gasteiger partial charge in [0, 0.05) is 19.6 Å². The highest BCUT2D eigenvalue weighted by Crippen LogP contribution is 2.18. The molecule has 1 N–H and O–H groups in total. The van der Waals surface area contributed by atoms with Gasteiger partial charge >= 0.3 is 0 Å². The number of rotatable bonds is 2. The van der Waals surface area contributed by atoms with E-state index in [0.29, 0.717) is 5.92 Å². The first-order valence-electron chi connectivity index (χ1n) is 5.68. The van der Waals surface area contributed by atoms with Crippen molar-refractivity contribution >= 4 is 0 Å². The minimum Gasteiger partial charge on any atom is -0.392 e. The van der Waals surface area contributed by atoms with Gasteiger partial charge in [0.05, 0.1) is 6.10 Å². The van der Waals surface area contributed by atoms with Crippen LogP contribution in [0.4, 0.5) is 0 Å². The van der Waals surface area contributed by atoms with Gasteiger partial charge < -0.3 is 5.11 Å². The van der Waals surface area contributed by atoms with E-state index in [-0.39, 0.29) is 6.10 Å². The largest absolute Gasteiger partial charge is 0.392 e. The van der Waals surface area contributed by atoms with Crippen molar-refractivity contribution in [3.8, 4) is 0 Å². The SMILES string of the molecule is C[C@H]1C[C@H](O)CN(Cc2ccccc2)C1. The van der Waals surface area contributed by atoms with Gasteiger partial charge in [0.25, 0.3) is 0 Å². The van der Waals surface area contributed by atoms with Crippen molar-refractivity contribution in [3.05, 3.63) is 35.9 Å². The van der Waals surface area contributed by atoms with E-state index in [1.807, 2.05) is 6.07 Å². The summed E-state index contributed by atoms with van der Waals surface area (Å²) in [7, 11) is 0. The highest BCUT2D eigenvalue weighted by Gasteiger charge is 2.22. The summed E-state index contributed by atoms with van der Waals surface area (Å²) in [6.45, 7) is 5.09. The maximum atomic E-state index is 9.69. The monoisotopic (exact) mass is 205 g/mol. The molecular weight excluding hydrogens is 186 g/mol. The van der Waals surface area contributed by atoms with E-state index in [1.54, 1.807) is 0 Å². The lowest BCUT2D eigenvalue weighted by Crippen LogP contribution is -2.41. The number of aliphatic hydroxyl groups excluding tert-OH is 1. The molecule has 0 unspecified atom stereocenters. The zero-order valence-corrected chi connectivity index (χ0v) is 9.26. The summed E-state index contributed by atoms with van der Waals surface area (Å²) >= 11 is 0. The van der Waals surface area contributed by atoms with Crippen LogP contribution in [-0.4, -0.2) is 29.2 Å². The van der Waals surface area contributed by atoms with Crippen LogP contribution in [0.5, 0.6) is 0 Å². The molecular formula is C13H19NO. The number of piperidine rings is 1. The van der Waals surface area contributed by atoms with Gasteiger partial charge in [-0.1, -0.05) is 37.3 Å². The van der Waals surface area contributed by atoms with Crippen LogP contribution in [0.15, 0.2) is 30.3 Å². The first-order chi connectivity index (χ1) is 7.24. The second kappa shape index (κ2) is 4.77. The molecule has 0 radical (unpaired) electrons. The fourth-order valence-electron chi connectivity index (χ4n) is 2.40. The third kappa shape index (κ3) is 3.05. The predicted molar refractivity (Wildman–Crippen MR) is 61.5 cm³/mol. The number of likely N-dealkylation sites (tertiary alicyclic amines) is 1. The minimum absolute atomic E-state index is 0.141. The third-order valence-corrected chi connectivity index (χ3v) is 2.96. The summed E-state index contributed by atoms with van der Waals surface area (Å²) in [5.41, 5.74) is 1.33. The van der Waals surface area contributed by atoms with Crippen LogP contribution in [-0.2, 0) is 6.54 Å². The van der Waals surface area contributed by atoms with Crippen LogP contribution >= 0.6 is 0 Å². The van der Waals surface area contributed by atoms with E-state index in [4.69, 9.17) is 0 Å². The van der Waals surface area contributed by atoms with Crippen LogP contribution in [0.1, 0.15) is 18.9 Å². The quantitative estimate of drug-likeness (QED) is 0.797. The number of benzene rings is 1. The molecule has 15 heavy (non-hydrogen) atoms. The molecule has 0 saturated carbocycles. The molecule has 1 fully saturated rings. The predicted octanol–water partition coefficient (Wildman–Crippen LogP) is 1.89. The normalized spacial score (nSPS) is 27.9. The van der Waals surface area contributed by atoms with Gasteiger partial charge in [0.15, 0.2) is 0 Å². The van der Waals surface area contributed by atoms with E-state index >= 15 is 0 Å². The molecule has 0 amide bonds. The van der Waals surface area contributed by atoms with Gasteiger partial charge in [-0.25, -0.2) is 0 Å². The molecule has 2 heteroatoms. The van der Waals surface area contributed by atoms with Crippen LogP contribution in [0.3, 0.4) is 0 Å². The number of hydrogen-bond acceptors (Lipinski definition) is 2. The van der Waals surface area contributed by atoms with Gasteiger partial charge in [0.2, 0.25) is 0 Å². The summed E-state index contributed by atoms with van der Waals surface area (Å²) in [6.07, 6.45) is 0.808. The molecule has 82 valence electrons. The van der Waals surface area contributed by atoms with Crippen LogP contribution in [0.2, 0.25) is 0 Å². The molecule has 0 spiro atoms. The average molecular weight is 205 g/mol. The molecule has 2 nitrogen and oxygen atoms in total. The maximum Gasteiger partial charge on any atom is 0.0670 e. The average Bonchev–Trinajstić information content (AvgIpc) is 2.17. The molecule has 1 aliphatic rings. The minimum atomic E-state index is -0.141. The lowest BCUT2D eigenvalue weighted by Gasteiger charge is -2.34. The van der Waals surface area contributed by atoms with Gasteiger partial charge in [-0.05, 0) is 17.9 Å². The summed E-state index contributed by atoms with van der Waals surface area (Å²) < 4.78 is 0. The molecule has 1 aromatic carbocycles. The molecule has 2 atom stereocenters. The molecule has 1 aliphatic heterocycles. The highest BCUT2D eigenvalue weighted by atomic mass is 16.3. The number of aliphatic hydroxyl groups is 1. The molecule has 0 bridgehead atoms. The van der Waals surface area contributed by atoms with Crippen molar-refractivity contribution in [1.29, 1.82) is 0 Å². The van der Waals surface area contributed by atoms with Gasteiger partial charge in [0.1, 0.15) is 0 Å². The van der Waals surface area contributed by atoms with Crippen molar-refractivity contribution in [2.24, 2.45) is 5.92 Å². The molecule has 1 heterocycles. The fraction of sp³-hybridized carbons (Fsp3) is 0.538. The smallest absolute Gasteiger partial charge is 0.0670 e. The summed E-state index contributed by atoms with van der Waals surface area (Å²) in [4.78, 5) is 2.34. The first-order valence-corrected chi connectivity index (χ1v) is 5.68. The topological polar surface area (TPSA) is 23.5 Å². The number of hydrogen-bond donors (Lipinski definition) is 1. The molecule has 0 aliphatic carbocycles. The van der Waals surface area contributed by atoms with E-state index < -0.39 is 0 Å². The van der Waals surface area contributed by atoms with Gasteiger partial charge in [-0.2, -0.15) is 0 Å². The maximum absolute atomic E-state index is 9.69. The summed E-state index contributed by atoms with van der Waals surface area (Å²) in [5, 5.41) is 9.69. The molecule has 1 aromatic rings. The Hall–Kier alpha value is -0.860. The Morgan fingerprint density at radius 2 is 2.00 bits per heavy atom. The molecule has 2 rings (SSSR count). The lowest BCUT2D eigenvalue weighted by molar-refractivity contribution is 0.0409. The van der Waals surface area contributed by atoms with E-state index in [9.17, 15) is 5.11 Å². The van der Waals surface area contributed by atoms with Gasteiger partial charge in [-0.15, -0.1) is 0 Å². The zero-order valence-electron chi connectivity index (χ0n) is 9.26. The highest BCUT2D eigenvalue weighted by molar-refractivity contribution is 5.14. The Bertz CT molecular complexity index is 289. The van der Waals surface area contributed by atoms with Crippen LogP contribution < -0.4 is 0 Å². The standard InChI is InChI=1S/C13H19NO/c1-11-7-13(15)10-14(8-11)9-12-5-3-2-4-6-12/h2-6,11,13,15H,7-10H2,1H3/t11-,13-/m0/s1. The Morgan fingerprint density at radius 1 is 1.27 bits per heavy atom. The summed E-state index contributed by atoms with van der Waals surface area (Å²) in [5.74, 6) is 0.609. The second-order valence-corrected chi connectivity index (χ2v) is 4.67. The Labute approximate surface area is 91.5 Å². The van der Waals surface area contributed by atoms with Gasteiger partial charge in [-0.3, -0.25) is 4.90 Å². The summed E-state index contributed by atoms with van der Waals surface area (Å²) in [6, 6.07) is 10.5. The number of β-amino-alcohol motifs (C(OH)–C–C–N with tert-alkyl or cyclic N) is 1. The van der Waals surface area contributed by atoms with Crippen LogP contribution in [0, 0.1) is 5.92 Å².